The standard InChI is InChI=1S/C9H7Br2N5/c10-5-2-1-4(3-6(5)11)7-14-8(12)16-9(13)15-7/h1-3H,(H4,12,13,14,15,16). The topological polar surface area (TPSA) is 90.7 Å². The van der Waals surface area contributed by atoms with Gasteiger partial charge >= 0.3 is 0 Å². The van der Waals surface area contributed by atoms with E-state index in [1.54, 1.807) is 0 Å². The molecule has 1 aromatic carbocycles. The minimum Gasteiger partial charge on any atom is -0.368 e. The Morgan fingerprint density at radius 2 is 1.50 bits per heavy atom. The van der Waals surface area contributed by atoms with Crippen LogP contribution in [0.3, 0.4) is 0 Å². The van der Waals surface area contributed by atoms with Crippen LogP contribution in [0.5, 0.6) is 0 Å². The van der Waals surface area contributed by atoms with E-state index in [2.05, 4.69) is 46.8 Å². The van der Waals surface area contributed by atoms with Crippen molar-refractivity contribution >= 4 is 43.8 Å². The van der Waals surface area contributed by atoms with Crippen LogP contribution in [0.2, 0.25) is 0 Å². The van der Waals surface area contributed by atoms with Crippen LogP contribution in [-0.2, 0) is 0 Å². The summed E-state index contributed by atoms with van der Waals surface area (Å²) in [6.07, 6.45) is 0. The number of hydrogen-bond acceptors (Lipinski definition) is 5. The van der Waals surface area contributed by atoms with Gasteiger partial charge in [0.15, 0.2) is 5.82 Å². The van der Waals surface area contributed by atoms with E-state index in [0.717, 1.165) is 14.5 Å². The SMILES string of the molecule is Nc1nc(N)nc(-c2ccc(Br)c(Br)c2)n1. The summed E-state index contributed by atoms with van der Waals surface area (Å²) in [5.41, 5.74) is 11.8. The van der Waals surface area contributed by atoms with Crippen molar-refractivity contribution in [1.29, 1.82) is 0 Å². The monoisotopic (exact) mass is 343 g/mol. The van der Waals surface area contributed by atoms with Gasteiger partial charge in [0, 0.05) is 14.5 Å². The molecule has 0 bridgehead atoms. The smallest absolute Gasteiger partial charge is 0.225 e. The largest absolute Gasteiger partial charge is 0.368 e. The molecule has 0 spiro atoms. The molecule has 0 atom stereocenters. The van der Waals surface area contributed by atoms with Gasteiger partial charge in [0.25, 0.3) is 0 Å². The minimum absolute atomic E-state index is 0.113. The molecule has 1 aromatic heterocycles. The summed E-state index contributed by atoms with van der Waals surface area (Å²) in [4.78, 5) is 11.7. The minimum atomic E-state index is 0.113. The maximum Gasteiger partial charge on any atom is 0.225 e. The van der Waals surface area contributed by atoms with Crippen molar-refractivity contribution in [2.24, 2.45) is 0 Å². The average molecular weight is 345 g/mol. The van der Waals surface area contributed by atoms with Crippen molar-refractivity contribution in [3.05, 3.63) is 27.1 Å². The average Bonchev–Trinajstić information content (AvgIpc) is 2.20. The molecule has 2 aromatic rings. The number of nitrogens with zero attached hydrogens (tertiary/aromatic N) is 3. The maximum absolute atomic E-state index is 5.50. The highest BCUT2D eigenvalue weighted by Crippen LogP contribution is 2.27. The Labute approximate surface area is 109 Å². The number of nitrogen functional groups attached to an aromatic ring is 2. The van der Waals surface area contributed by atoms with Crippen LogP contribution >= 0.6 is 31.9 Å². The third kappa shape index (κ3) is 2.30. The van der Waals surface area contributed by atoms with E-state index in [4.69, 9.17) is 11.5 Å². The number of aromatic nitrogens is 3. The van der Waals surface area contributed by atoms with E-state index in [9.17, 15) is 0 Å². The highest BCUT2D eigenvalue weighted by Gasteiger charge is 2.06. The Kier molecular flexibility index (Phi) is 3.06. The van der Waals surface area contributed by atoms with E-state index >= 15 is 0 Å². The molecule has 0 saturated carbocycles. The van der Waals surface area contributed by atoms with Crippen LogP contribution in [0.4, 0.5) is 11.9 Å². The Bertz CT molecular complexity index is 523. The lowest BCUT2D eigenvalue weighted by Gasteiger charge is -2.03. The fourth-order valence-electron chi connectivity index (χ4n) is 1.17. The fraction of sp³-hybridized carbons (Fsp3) is 0. The number of nitrogens with two attached hydrogens (primary N) is 2. The molecule has 5 nitrogen and oxygen atoms in total. The summed E-state index contributed by atoms with van der Waals surface area (Å²) in [7, 11) is 0. The summed E-state index contributed by atoms with van der Waals surface area (Å²) in [5, 5.41) is 0. The number of hydrogen-bond donors (Lipinski definition) is 2. The maximum atomic E-state index is 5.50. The number of anilines is 2. The molecule has 16 heavy (non-hydrogen) atoms. The van der Waals surface area contributed by atoms with Crippen LogP contribution in [0, 0.1) is 0 Å². The summed E-state index contributed by atoms with van der Waals surface area (Å²) in [6.45, 7) is 0. The van der Waals surface area contributed by atoms with Gasteiger partial charge in [-0.25, -0.2) is 0 Å². The van der Waals surface area contributed by atoms with Crippen molar-refractivity contribution < 1.29 is 0 Å². The fourth-order valence-corrected chi connectivity index (χ4v) is 1.80. The van der Waals surface area contributed by atoms with Crippen LogP contribution in [0.1, 0.15) is 0 Å². The van der Waals surface area contributed by atoms with E-state index < -0.39 is 0 Å². The molecular weight excluding hydrogens is 338 g/mol. The second kappa shape index (κ2) is 4.34. The van der Waals surface area contributed by atoms with Crippen LogP contribution in [0.25, 0.3) is 11.4 Å². The Morgan fingerprint density at radius 1 is 0.875 bits per heavy atom. The first-order valence-corrected chi connectivity index (χ1v) is 5.87. The van der Waals surface area contributed by atoms with Gasteiger partial charge in [-0.1, -0.05) is 0 Å². The lowest BCUT2D eigenvalue weighted by atomic mass is 10.2. The highest BCUT2D eigenvalue weighted by molar-refractivity contribution is 9.13. The van der Waals surface area contributed by atoms with Gasteiger partial charge in [-0.15, -0.1) is 0 Å². The zero-order chi connectivity index (χ0) is 11.7. The summed E-state index contributed by atoms with van der Waals surface area (Å²) < 4.78 is 1.86. The first kappa shape index (κ1) is 11.3. The quantitative estimate of drug-likeness (QED) is 0.827. The first-order chi connectivity index (χ1) is 7.56. The number of benzene rings is 1. The van der Waals surface area contributed by atoms with Crippen LogP contribution in [-0.4, -0.2) is 15.0 Å². The summed E-state index contributed by atoms with van der Waals surface area (Å²) in [5.74, 6) is 0.682. The summed E-state index contributed by atoms with van der Waals surface area (Å²) >= 11 is 6.78. The zero-order valence-electron chi connectivity index (χ0n) is 7.98. The predicted molar refractivity (Wildman–Crippen MR) is 69.5 cm³/mol. The molecule has 0 fully saturated rings. The predicted octanol–water partition coefficient (Wildman–Crippen LogP) is 2.23. The van der Waals surface area contributed by atoms with Crippen molar-refractivity contribution in [3.63, 3.8) is 0 Å². The molecule has 2 rings (SSSR count). The number of halogens is 2. The molecule has 7 heteroatoms. The lowest BCUT2D eigenvalue weighted by Crippen LogP contribution is -2.04. The van der Waals surface area contributed by atoms with Gasteiger partial charge in [0.1, 0.15) is 0 Å². The first-order valence-electron chi connectivity index (χ1n) is 4.28. The number of rotatable bonds is 1. The molecule has 0 radical (unpaired) electrons. The Balaban J connectivity index is 2.54. The lowest BCUT2D eigenvalue weighted by molar-refractivity contribution is 1.09. The van der Waals surface area contributed by atoms with Gasteiger partial charge in [0.2, 0.25) is 11.9 Å². The normalized spacial score (nSPS) is 10.4. The molecule has 4 N–H and O–H groups in total. The Morgan fingerprint density at radius 3 is 2.06 bits per heavy atom. The summed E-state index contributed by atoms with van der Waals surface area (Å²) in [6, 6.07) is 5.62. The molecule has 0 unspecified atom stereocenters. The van der Waals surface area contributed by atoms with Crippen molar-refractivity contribution in [2.45, 2.75) is 0 Å². The third-order valence-corrected chi connectivity index (χ3v) is 3.73. The van der Waals surface area contributed by atoms with E-state index in [1.807, 2.05) is 18.2 Å². The molecule has 0 saturated heterocycles. The van der Waals surface area contributed by atoms with Gasteiger partial charge < -0.3 is 11.5 Å². The molecule has 0 aliphatic heterocycles. The van der Waals surface area contributed by atoms with Crippen molar-refractivity contribution in [1.82, 2.24) is 15.0 Å². The van der Waals surface area contributed by atoms with Gasteiger partial charge in [-0.3, -0.25) is 0 Å². The molecule has 0 amide bonds. The van der Waals surface area contributed by atoms with Crippen LogP contribution in [0.15, 0.2) is 27.1 Å². The molecule has 1 heterocycles. The second-order valence-electron chi connectivity index (χ2n) is 3.00. The van der Waals surface area contributed by atoms with Gasteiger partial charge in [0.05, 0.1) is 0 Å². The highest BCUT2D eigenvalue weighted by atomic mass is 79.9. The molecule has 0 aliphatic carbocycles. The van der Waals surface area contributed by atoms with E-state index in [-0.39, 0.29) is 11.9 Å². The third-order valence-electron chi connectivity index (χ3n) is 1.85. The van der Waals surface area contributed by atoms with E-state index in [0.29, 0.717) is 5.82 Å². The van der Waals surface area contributed by atoms with Gasteiger partial charge in [-0.05, 0) is 50.1 Å². The van der Waals surface area contributed by atoms with Crippen LogP contribution < -0.4 is 11.5 Å². The molecule has 82 valence electrons. The zero-order valence-corrected chi connectivity index (χ0v) is 11.2. The molecular formula is C9H7Br2N5. The second-order valence-corrected chi connectivity index (χ2v) is 4.71. The van der Waals surface area contributed by atoms with E-state index in [1.165, 1.54) is 0 Å². The Hall–Kier alpha value is -1.21. The van der Waals surface area contributed by atoms with Gasteiger partial charge in [-0.2, -0.15) is 15.0 Å². The van der Waals surface area contributed by atoms with Crippen molar-refractivity contribution in [2.75, 3.05) is 11.5 Å². The van der Waals surface area contributed by atoms with Crippen molar-refractivity contribution in [3.8, 4) is 11.4 Å². The molecule has 0 aliphatic rings.